The summed E-state index contributed by atoms with van der Waals surface area (Å²) in [4.78, 5) is 32.5. The minimum absolute atomic E-state index is 0. The summed E-state index contributed by atoms with van der Waals surface area (Å²) in [5.41, 5.74) is 2.98. The van der Waals surface area contributed by atoms with Crippen molar-refractivity contribution in [2.75, 3.05) is 10.6 Å². The molecule has 0 saturated carbocycles. The third-order valence-electron chi connectivity index (χ3n) is 3.14. The van der Waals surface area contributed by atoms with Crippen molar-refractivity contribution >= 4 is 29.0 Å². The van der Waals surface area contributed by atoms with Crippen LogP contribution in [0.5, 0.6) is 0 Å². The summed E-state index contributed by atoms with van der Waals surface area (Å²) >= 11 is 0. The van der Waals surface area contributed by atoms with Gasteiger partial charge in [0.2, 0.25) is 11.7 Å². The van der Waals surface area contributed by atoms with E-state index in [-0.39, 0.29) is 71.3 Å². The quantitative estimate of drug-likeness (QED) is 0.415. The van der Waals surface area contributed by atoms with Crippen molar-refractivity contribution in [2.24, 2.45) is 0 Å². The Kier molecular flexibility index (Phi) is 16.0. The van der Waals surface area contributed by atoms with Crippen LogP contribution in [0.2, 0.25) is 0 Å². The first-order chi connectivity index (χ1) is 12.1. The smallest absolute Gasteiger partial charge is 0.283 e. The average molecular weight is 516 g/mol. The van der Waals surface area contributed by atoms with E-state index in [1.807, 2.05) is 39.8 Å². The Labute approximate surface area is 211 Å². The van der Waals surface area contributed by atoms with E-state index in [0.717, 1.165) is 11.3 Å². The first-order valence-electron chi connectivity index (χ1n) is 8.30. The molecule has 4 rings (SSSR count). The van der Waals surface area contributed by atoms with Gasteiger partial charge in [-0.1, -0.05) is 44.6 Å². The van der Waals surface area contributed by atoms with E-state index >= 15 is 0 Å². The summed E-state index contributed by atoms with van der Waals surface area (Å²) in [5.74, 6) is -0.941. The van der Waals surface area contributed by atoms with Crippen LogP contribution >= 0.6 is 0 Å². The van der Waals surface area contributed by atoms with Crippen LogP contribution in [0.15, 0.2) is 36.4 Å². The maximum absolute atomic E-state index is 11.0. The summed E-state index contributed by atoms with van der Waals surface area (Å²) in [7, 11) is 0. The van der Waals surface area contributed by atoms with Gasteiger partial charge >= 0.3 is 0 Å². The third kappa shape index (κ3) is 8.03. The van der Waals surface area contributed by atoms with E-state index in [9.17, 15) is 14.4 Å². The molecule has 27 heavy (non-hydrogen) atoms. The van der Waals surface area contributed by atoms with E-state index in [2.05, 4.69) is 22.8 Å². The van der Waals surface area contributed by atoms with Crippen molar-refractivity contribution in [2.45, 2.75) is 34.1 Å². The summed E-state index contributed by atoms with van der Waals surface area (Å²) in [6.07, 6.45) is 0.518. The third-order valence-corrected chi connectivity index (χ3v) is 3.14. The predicted molar refractivity (Wildman–Crippen MR) is 98.5 cm³/mol. The van der Waals surface area contributed by atoms with Crippen molar-refractivity contribution in [3.8, 4) is 0 Å². The zero-order valence-corrected chi connectivity index (χ0v) is 21.7. The SMILES string of the molecule is CC.CC.O=C1Cc2cc[c-]cc2N1.O=C1Nc2c[c-]ccc2C1=O.[Y].[Y]. The number of ketones is 1. The van der Waals surface area contributed by atoms with E-state index < -0.39 is 11.7 Å². The molecule has 0 spiro atoms. The van der Waals surface area contributed by atoms with Crippen LogP contribution in [0, 0.1) is 12.1 Å². The Morgan fingerprint density at radius 1 is 0.815 bits per heavy atom. The van der Waals surface area contributed by atoms with Gasteiger partial charge in [0.15, 0.2) is 0 Å². The molecule has 2 aromatic carbocycles. The van der Waals surface area contributed by atoms with Gasteiger partial charge in [-0.25, -0.2) is 0 Å². The molecule has 0 atom stereocenters. The van der Waals surface area contributed by atoms with Crippen LogP contribution < -0.4 is 10.6 Å². The van der Waals surface area contributed by atoms with Crippen LogP contribution in [0.4, 0.5) is 11.4 Å². The van der Waals surface area contributed by atoms with Gasteiger partial charge in [0.1, 0.15) is 0 Å². The number of carbonyl (C=O) groups is 3. The van der Waals surface area contributed by atoms with Gasteiger partial charge < -0.3 is 10.6 Å². The number of hydrogen-bond donors (Lipinski definition) is 2. The van der Waals surface area contributed by atoms with Crippen LogP contribution in [-0.2, 0) is 81.4 Å². The number of fused-ring (bicyclic) bond motifs is 2. The molecule has 0 saturated heterocycles. The van der Waals surface area contributed by atoms with Gasteiger partial charge in [-0.3, -0.25) is 14.4 Å². The predicted octanol–water partition coefficient (Wildman–Crippen LogP) is 3.65. The van der Waals surface area contributed by atoms with Gasteiger partial charge in [0.25, 0.3) is 5.91 Å². The molecule has 2 aliphatic rings. The molecule has 2 aromatic rings. The molecule has 2 radical (unpaired) electrons. The molecule has 2 amide bonds. The van der Waals surface area contributed by atoms with Crippen molar-refractivity contribution in [3.05, 3.63) is 59.7 Å². The topological polar surface area (TPSA) is 75.3 Å². The number of rotatable bonds is 0. The number of hydrogen-bond acceptors (Lipinski definition) is 3. The van der Waals surface area contributed by atoms with Gasteiger partial charge in [0, 0.05) is 71.8 Å². The first-order valence-corrected chi connectivity index (χ1v) is 8.30. The maximum atomic E-state index is 11.0. The van der Waals surface area contributed by atoms with Gasteiger partial charge in [-0.2, -0.15) is 48.5 Å². The van der Waals surface area contributed by atoms with Crippen LogP contribution in [0.25, 0.3) is 0 Å². The van der Waals surface area contributed by atoms with Crippen molar-refractivity contribution in [1.29, 1.82) is 0 Å². The van der Waals surface area contributed by atoms with E-state index in [0.29, 0.717) is 17.7 Å². The van der Waals surface area contributed by atoms with Gasteiger partial charge in [-0.05, 0) is 0 Å². The number of carbonyl (C=O) groups excluding carboxylic acids is 3. The summed E-state index contributed by atoms with van der Waals surface area (Å²) in [6.45, 7) is 8.00. The zero-order chi connectivity index (χ0) is 18.8. The molecule has 2 aliphatic heterocycles. The number of Topliss-reactive ketones (excluding diaryl/α,β-unsaturated/α-hetero) is 1. The molecule has 0 unspecified atom stereocenters. The number of nitrogens with one attached hydrogen (secondary N) is 2. The molecule has 138 valence electrons. The Bertz CT molecular complexity index is 737. The fraction of sp³-hybridized carbons (Fsp3) is 0.250. The van der Waals surface area contributed by atoms with Gasteiger partial charge in [-0.15, -0.1) is 5.56 Å². The first kappa shape index (κ1) is 28.5. The number of benzene rings is 2. The van der Waals surface area contributed by atoms with Crippen LogP contribution in [0.1, 0.15) is 43.6 Å². The Balaban J connectivity index is 0. The minimum Gasteiger partial charge on any atom is -0.379 e. The van der Waals surface area contributed by atoms with Crippen molar-refractivity contribution < 1.29 is 79.8 Å². The Morgan fingerprint density at radius 2 is 1.37 bits per heavy atom. The second-order valence-electron chi connectivity index (χ2n) is 4.56. The van der Waals surface area contributed by atoms with Crippen molar-refractivity contribution in [3.63, 3.8) is 0 Å². The zero-order valence-electron chi connectivity index (χ0n) is 16.1. The molecule has 5 nitrogen and oxygen atoms in total. The second kappa shape index (κ2) is 15.2. The fourth-order valence-electron chi connectivity index (χ4n) is 2.13. The maximum Gasteiger partial charge on any atom is 0.283 e. The van der Waals surface area contributed by atoms with Crippen molar-refractivity contribution in [1.82, 2.24) is 0 Å². The monoisotopic (exact) mass is 516 g/mol. The molecule has 2 N–H and O–H groups in total. The van der Waals surface area contributed by atoms with E-state index in [1.165, 1.54) is 0 Å². The number of anilines is 2. The van der Waals surface area contributed by atoms with Gasteiger partial charge in [0.05, 0.1) is 0 Å². The fourth-order valence-corrected chi connectivity index (χ4v) is 2.13. The molecular formula is C20H22N2O3Y2-2. The van der Waals surface area contributed by atoms with Crippen LogP contribution in [-0.4, -0.2) is 17.6 Å². The minimum atomic E-state index is -0.556. The second-order valence-corrected chi connectivity index (χ2v) is 4.56. The largest absolute Gasteiger partial charge is 0.379 e. The average Bonchev–Trinajstić information content (AvgIpc) is 3.18. The molecule has 0 aliphatic carbocycles. The normalized spacial score (nSPS) is 11.8. The molecule has 2 heterocycles. The molecule has 0 fully saturated rings. The standard InChI is InChI=1S/C8H4NO2.C8H6NO.2C2H6.2Y/c10-7-5-3-1-2-4-6(5)9-8(7)11;10-8-5-6-3-1-2-4-7(6)9-8;2*1-2;;/h1,3-4H,(H,9,10,11);1,3-4H,5H2,(H,9,10);2*1-2H3;;/q2*-1;;;;. The molecule has 7 heteroatoms. The summed E-state index contributed by atoms with van der Waals surface area (Å²) < 4.78 is 0. The van der Waals surface area contributed by atoms with E-state index in [1.54, 1.807) is 24.3 Å². The van der Waals surface area contributed by atoms with Crippen LogP contribution in [0.3, 0.4) is 0 Å². The molecular weight excluding hydrogens is 494 g/mol. The Morgan fingerprint density at radius 3 is 1.93 bits per heavy atom. The van der Waals surface area contributed by atoms with E-state index in [4.69, 9.17) is 0 Å². The summed E-state index contributed by atoms with van der Waals surface area (Å²) in [5, 5.41) is 5.15. The number of amides is 2. The molecule has 0 bridgehead atoms. The summed E-state index contributed by atoms with van der Waals surface area (Å²) in [6, 6.07) is 16.0. The Hall–Kier alpha value is -0.742. The molecule has 0 aromatic heterocycles.